The number of phenols is 2. The first-order valence-electron chi connectivity index (χ1n) is 6.37. The van der Waals surface area contributed by atoms with Gasteiger partial charge in [0.2, 0.25) is 0 Å². The molecule has 20 heavy (non-hydrogen) atoms. The topological polar surface area (TPSA) is 66.8 Å². The fraction of sp³-hybridized carbons (Fsp3) is 0.188. The molecule has 2 aromatic rings. The number of rotatable bonds is 1. The lowest BCUT2D eigenvalue weighted by molar-refractivity contribution is 0.0845. The number of carbonyl (C=O) groups excluding carboxylic acids is 1. The molecule has 0 amide bonds. The van der Waals surface area contributed by atoms with Crippen LogP contribution in [-0.2, 0) is 0 Å². The van der Waals surface area contributed by atoms with Crippen LogP contribution in [0.15, 0.2) is 36.4 Å². The fourth-order valence-electron chi connectivity index (χ4n) is 2.45. The molecule has 1 atom stereocenters. The van der Waals surface area contributed by atoms with Crippen LogP contribution < -0.4 is 4.74 Å². The Labute approximate surface area is 116 Å². The summed E-state index contributed by atoms with van der Waals surface area (Å²) in [6.07, 6.45) is -0.217. The third-order valence-electron chi connectivity index (χ3n) is 3.41. The van der Waals surface area contributed by atoms with Crippen molar-refractivity contribution in [2.45, 2.75) is 19.4 Å². The van der Waals surface area contributed by atoms with Gasteiger partial charge in [-0.15, -0.1) is 0 Å². The second-order valence-electron chi connectivity index (χ2n) is 4.98. The van der Waals surface area contributed by atoms with E-state index in [9.17, 15) is 15.0 Å². The van der Waals surface area contributed by atoms with E-state index in [1.54, 1.807) is 36.4 Å². The Morgan fingerprint density at radius 3 is 2.55 bits per heavy atom. The quantitative estimate of drug-likeness (QED) is 0.835. The molecule has 2 aromatic carbocycles. The van der Waals surface area contributed by atoms with Crippen molar-refractivity contribution < 1.29 is 19.7 Å². The van der Waals surface area contributed by atoms with Gasteiger partial charge in [0.1, 0.15) is 28.9 Å². The highest BCUT2D eigenvalue weighted by atomic mass is 16.5. The Morgan fingerprint density at radius 2 is 1.85 bits per heavy atom. The first kappa shape index (κ1) is 12.5. The Balaban J connectivity index is 2.00. The summed E-state index contributed by atoms with van der Waals surface area (Å²) in [5.41, 5.74) is 1.91. The minimum atomic E-state index is -0.392. The van der Waals surface area contributed by atoms with Gasteiger partial charge >= 0.3 is 0 Å². The fourth-order valence-corrected chi connectivity index (χ4v) is 2.45. The molecule has 0 spiro atoms. The van der Waals surface area contributed by atoms with Crippen molar-refractivity contribution in [3.05, 3.63) is 53.1 Å². The number of Topliss-reactive ketones (excluding diaryl/α,β-unsaturated/α-hetero) is 1. The second kappa shape index (κ2) is 4.56. The maximum atomic E-state index is 12.2. The zero-order valence-electron chi connectivity index (χ0n) is 11.0. The Kier molecular flexibility index (Phi) is 2.86. The van der Waals surface area contributed by atoms with Gasteiger partial charge in [-0.05, 0) is 42.3 Å². The van der Waals surface area contributed by atoms with Crippen molar-refractivity contribution in [2.24, 2.45) is 0 Å². The molecule has 3 rings (SSSR count). The van der Waals surface area contributed by atoms with E-state index in [1.807, 2.05) is 6.92 Å². The van der Waals surface area contributed by atoms with Crippen LogP contribution in [0.5, 0.6) is 17.2 Å². The van der Waals surface area contributed by atoms with Gasteiger partial charge in [0.25, 0.3) is 0 Å². The highest BCUT2D eigenvalue weighted by Crippen LogP contribution is 2.40. The van der Waals surface area contributed by atoms with E-state index in [2.05, 4.69) is 0 Å². The Hall–Kier alpha value is -2.49. The van der Waals surface area contributed by atoms with Gasteiger partial charge in [-0.2, -0.15) is 0 Å². The minimum Gasteiger partial charge on any atom is -0.508 e. The molecule has 102 valence electrons. The SMILES string of the molecule is Cc1cc(O)c2c(c1)O[C@H](c1ccc(O)cc1)CC2=O. The molecule has 0 unspecified atom stereocenters. The van der Waals surface area contributed by atoms with E-state index in [1.165, 1.54) is 0 Å². The lowest BCUT2D eigenvalue weighted by atomic mass is 9.95. The highest BCUT2D eigenvalue weighted by molar-refractivity contribution is 6.02. The number of aromatic hydroxyl groups is 2. The molecule has 1 heterocycles. The summed E-state index contributed by atoms with van der Waals surface area (Å²) in [4.78, 5) is 12.2. The molecular formula is C16H14O4. The molecule has 0 saturated heterocycles. The molecule has 4 heteroatoms. The molecule has 0 saturated carbocycles. The van der Waals surface area contributed by atoms with Crippen LogP contribution in [0.3, 0.4) is 0 Å². The Morgan fingerprint density at radius 1 is 1.15 bits per heavy atom. The maximum Gasteiger partial charge on any atom is 0.174 e. The van der Waals surface area contributed by atoms with Gasteiger partial charge in [0, 0.05) is 0 Å². The average Bonchev–Trinajstić information content (AvgIpc) is 2.38. The van der Waals surface area contributed by atoms with Crippen molar-refractivity contribution in [1.29, 1.82) is 0 Å². The van der Waals surface area contributed by atoms with Crippen LogP contribution in [0.4, 0.5) is 0 Å². The molecule has 1 aliphatic rings. The van der Waals surface area contributed by atoms with E-state index in [4.69, 9.17) is 4.74 Å². The van der Waals surface area contributed by atoms with Gasteiger partial charge in [-0.25, -0.2) is 0 Å². The summed E-state index contributed by atoms with van der Waals surface area (Å²) in [6, 6.07) is 9.89. The Bertz CT molecular complexity index is 674. The van der Waals surface area contributed by atoms with Gasteiger partial charge in [-0.3, -0.25) is 4.79 Å². The van der Waals surface area contributed by atoms with Crippen molar-refractivity contribution in [2.75, 3.05) is 0 Å². The van der Waals surface area contributed by atoms with Crippen LogP contribution in [-0.4, -0.2) is 16.0 Å². The molecule has 0 aliphatic carbocycles. The van der Waals surface area contributed by atoms with E-state index in [-0.39, 0.29) is 29.3 Å². The lowest BCUT2D eigenvalue weighted by Gasteiger charge is -2.26. The van der Waals surface area contributed by atoms with Crippen molar-refractivity contribution in [3.63, 3.8) is 0 Å². The van der Waals surface area contributed by atoms with Crippen LogP contribution in [0, 0.1) is 6.92 Å². The summed E-state index contributed by atoms with van der Waals surface area (Å²) >= 11 is 0. The lowest BCUT2D eigenvalue weighted by Crippen LogP contribution is -2.20. The van der Waals surface area contributed by atoms with Gasteiger partial charge in [-0.1, -0.05) is 12.1 Å². The number of phenolic OH excluding ortho intramolecular Hbond substituents is 2. The molecule has 2 N–H and O–H groups in total. The van der Waals surface area contributed by atoms with Crippen molar-refractivity contribution >= 4 is 5.78 Å². The zero-order valence-corrected chi connectivity index (χ0v) is 11.0. The smallest absolute Gasteiger partial charge is 0.174 e. The summed E-state index contributed by atoms with van der Waals surface area (Å²) in [7, 11) is 0. The number of benzene rings is 2. The van der Waals surface area contributed by atoms with E-state index >= 15 is 0 Å². The van der Waals surface area contributed by atoms with Crippen LogP contribution in [0.25, 0.3) is 0 Å². The number of hydrogen-bond donors (Lipinski definition) is 2. The largest absolute Gasteiger partial charge is 0.508 e. The van der Waals surface area contributed by atoms with E-state index in [0.717, 1.165) is 11.1 Å². The van der Waals surface area contributed by atoms with Crippen molar-refractivity contribution in [1.82, 2.24) is 0 Å². The summed E-state index contributed by atoms with van der Waals surface area (Å²) in [5, 5.41) is 19.2. The minimum absolute atomic E-state index is 0.0332. The normalized spacial score (nSPS) is 17.4. The number of ketones is 1. The summed E-state index contributed by atoms with van der Waals surface area (Å²) in [6.45, 7) is 1.83. The molecular weight excluding hydrogens is 256 g/mol. The first-order chi connectivity index (χ1) is 9.54. The number of aryl methyl sites for hydroxylation is 1. The molecule has 0 aromatic heterocycles. The molecule has 4 nitrogen and oxygen atoms in total. The third-order valence-corrected chi connectivity index (χ3v) is 3.41. The summed E-state index contributed by atoms with van der Waals surface area (Å²) in [5.74, 6) is 0.414. The summed E-state index contributed by atoms with van der Waals surface area (Å²) < 4.78 is 5.83. The first-order valence-corrected chi connectivity index (χ1v) is 6.37. The number of hydrogen-bond acceptors (Lipinski definition) is 4. The second-order valence-corrected chi connectivity index (χ2v) is 4.98. The predicted octanol–water partition coefficient (Wildman–Crippen LogP) is 3.11. The van der Waals surface area contributed by atoms with E-state index in [0.29, 0.717) is 5.75 Å². The molecule has 0 bridgehead atoms. The average molecular weight is 270 g/mol. The number of ether oxygens (including phenoxy) is 1. The van der Waals surface area contributed by atoms with Gasteiger partial charge in [0.15, 0.2) is 5.78 Å². The van der Waals surface area contributed by atoms with Crippen LogP contribution >= 0.6 is 0 Å². The number of carbonyl (C=O) groups is 1. The standard InChI is InChI=1S/C16H14O4/c1-9-6-12(18)16-13(19)8-14(20-15(16)7-9)10-2-4-11(17)5-3-10/h2-7,14,17-18H,8H2,1H3/t14-/m0/s1. The molecule has 0 radical (unpaired) electrons. The van der Waals surface area contributed by atoms with Crippen LogP contribution in [0.2, 0.25) is 0 Å². The predicted molar refractivity (Wildman–Crippen MR) is 73.3 cm³/mol. The molecule has 0 fully saturated rings. The molecule has 1 aliphatic heterocycles. The van der Waals surface area contributed by atoms with Gasteiger partial charge < -0.3 is 14.9 Å². The number of fused-ring (bicyclic) bond motifs is 1. The van der Waals surface area contributed by atoms with E-state index < -0.39 is 6.10 Å². The zero-order chi connectivity index (χ0) is 14.3. The highest BCUT2D eigenvalue weighted by Gasteiger charge is 2.30. The maximum absolute atomic E-state index is 12.2. The monoisotopic (exact) mass is 270 g/mol. The third kappa shape index (κ3) is 2.09. The van der Waals surface area contributed by atoms with Crippen LogP contribution in [0.1, 0.15) is 34.0 Å². The van der Waals surface area contributed by atoms with Crippen molar-refractivity contribution in [3.8, 4) is 17.2 Å². The van der Waals surface area contributed by atoms with Gasteiger partial charge in [0.05, 0.1) is 6.42 Å².